The van der Waals surface area contributed by atoms with Gasteiger partial charge in [-0.25, -0.2) is 0 Å². The number of ether oxygens (including phenoxy) is 3. The molecule has 0 aromatic heterocycles. The summed E-state index contributed by atoms with van der Waals surface area (Å²) in [5, 5.41) is 3.45. The summed E-state index contributed by atoms with van der Waals surface area (Å²) in [6, 6.07) is 6.70. The first-order valence-corrected chi connectivity index (χ1v) is 8.57. The van der Waals surface area contributed by atoms with Crippen molar-refractivity contribution in [2.24, 2.45) is 5.92 Å². The van der Waals surface area contributed by atoms with Gasteiger partial charge < -0.3 is 19.5 Å². The van der Waals surface area contributed by atoms with Crippen LogP contribution in [0.15, 0.2) is 18.2 Å². The van der Waals surface area contributed by atoms with Crippen molar-refractivity contribution >= 4 is 24.8 Å². The van der Waals surface area contributed by atoms with Gasteiger partial charge in [-0.1, -0.05) is 0 Å². The third-order valence-electron chi connectivity index (χ3n) is 4.97. The highest BCUT2D eigenvalue weighted by molar-refractivity contribution is 5.85. The van der Waals surface area contributed by atoms with Crippen molar-refractivity contribution in [3.63, 3.8) is 0 Å². The Balaban J connectivity index is 0.00000156. The highest BCUT2D eigenvalue weighted by Gasteiger charge is 2.31. The SMILES string of the molecule is COc1cc(OC)cc([C@H](C2CCOCC2)N2CCNCC2)c1.Cl.Cl. The van der Waals surface area contributed by atoms with Gasteiger partial charge >= 0.3 is 0 Å². The minimum absolute atomic E-state index is 0. The van der Waals surface area contributed by atoms with Gasteiger partial charge in [-0.2, -0.15) is 0 Å². The van der Waals surface area contributed by atoms with Gasteiger partial charge in [0.2, 0.25) is 0 Å². The van der Waals surface area contributed by atoms with Gasteiger partial charge in [-0.3, -0.25) is 4.90 Å². The van der Waals surface area contributed by atoms with Crippen molar-refractivity contribution in [1.29, 1.82) is 0 Å². The van der Waals surface area contributed by atoms with Gasteiger partial charge in [-0.05, 0) is 36.5 Å². The molecule has 2 aliphatic rings. The summed E-state index contributed by atoms with van der Waals surface area (Å²) in [5.41, 5.74) is 1.30. The molecule has 2 saturated heterocycles. The Kier molecular flexibility index (Phi) is 9.90. The molecular weight excluding hydrogens is 363 g/mol. The lowest BCUT2D eigenvalue weighted by Gasteiger charge is -2.41. The fourth-order valence-electron chi connectivity index (χ4n) is 3.77. The van der Waals surface area contributed by atoms with Gasteiger partial charge in [0, 0.05) is 51.5 Å². The first-order valence-electron chi connectivity index (χ1n) is 8.57. The Morgan fingerprint density at radius 3 is 2.08 bits per heavy atom. The average Bonchev–Trinajstić information content (AvgIpc) is 2.63. The molecule has 0 amide bonds. The van der Waals surface area contributed by atoms with Crippen LogP contribution >= 0.6 is 24.8 Å². The summed E-state index contributed by atoms with van der Waals surface area (Å²) < 4.78 is 16.6. The van der Waals surface area contributed by atoms with Crippen LogP contribution in [-0.4, -0.2) is 58.5 Å². The van der Waals surface area contributed by atoms with E-state index >= 15 is 0 Å². The van der Waals surface area contributed by atoms with E-state index in [0.717, 1.165) is 63.7 Å². The first kappa shape index (κ1) is 22.3. The first-order chi connectivity index (χ1) is 11.3. The van der Waals surface area contributed by atoms with E-state index in [2.05, 4.69) is 22.3 Å². The molecule has 1 aromatic rings. The molecule has 0 bridgehead atoms. The summed E-state index contributed by atoms with van der Waals surface area (Å²) in [7, 11) is 3.43. The number of hydrogen-bond donors (Lipinski definition) is 1. The zero-order valence-corrected chi connectivity index (χ0v) is 16.7. The molecular formula is C18H30Cl2N2O3. The molecule has 0 unspecified atom stereocenters. The predicted molar refractivity (Wildman–Crippen MR) is 105 cm³/mol. The third-order valence-corrected chi connectivity index (χ3v) is 4.97. The molecule has 0 aliphatic carbocycles. The zero-order valence-electron chi connectivity index (χ0n) is 15.0. The number of piperazine rings is 1. The molecule has 2 heterocycles. The maximum absolute atomic E-state index is 5.58. The second kappa shape index (κ2) is 11.1. The Bertz CT molecular complexity index is 467. The normalized spacial score (nSPS) is 20.1. The Labute approximate surface area is 163 Å². The molecule has 25 heavy (non-hydrogen) atoms. The number of methoxy groups -OCH3 is 2. The van der Waals surface area contributed by atoms with Crippen molar-refractivity contribution in [3.05, 3.63) is 23.8 Å². The van der Waals surface area contributed by atoms with E-state index in [1.807, 2.05) is 6.07 Å². The van der Waals surface area contributed by atoms with Crippen molar-refractivity contribution in [1.82, 2.24) is 10.2 Å². The molecule has 1 aromatic carbocycles. The molecule has 1 N–H and O–H groups in total. The van der Waals surface area contributed by atoms with Gasteiger partial charge in [0.1, 0.15) is 11.5 Å². The zero-order chi connectivity index (χ0) is 16.1. The molecule has 0 spiro atoms. The molecule has 5 nitrogen and oxygen atoms in total. The molecule has 0 saturated carbocycles. The minimum Gasteiger partial charge on any atom is -0.497 e. The largest absolute Gasteiger partial charge is 0.497 e. The van der Waals surface area contributed by atoms with Crippen molar-refractivity contribution in [3.8, 4) is 11.5 Å². The fraction of sp³-hybridized carbons (Fsp3) is 0.667. The number of nitrogens with one attached hydrogen (secondary N) is 1. The van der Waals surface area contributed by atoms with E-state index in [1.54, 1.807) is 14.2 Å². The average molecular weight is 393 g/mol. The maximum Gasteiger partial charge on any atom is 0.122 e. The van der Waals surface area contributed by atoms with Crippen LogP contribution in [0, 0.1) is 5.92 Å². The van der Waals surface area contributed by atoms with Crippen LogP contribution in [0.25, 0.3) is 0 Å². The van der Waals surface area contributed by atoms with Crippen LogP contribution in [0.3, 0.4) is 0 Å². The lowest BCUT2D eigenvalue weighted by atomic mass is 9.85. The number of hydrogen-bond acceptors (Lipinski definition) is 5. The third kappa shape index (κ3) is 5.63. The lowest BCUT2D eigenvalue weighted by molar-refractivity contribution is 0.0212. The van der Waals surface area contributed by atoms with E-state index in [0.29, 0.717) is 12.0 Å². The van der Waals surface area contributed by atoms with Crippen LogP contribution < -0.4 is 14.8 Å². The second-order valence-corrected chi connectivity index (χ2v) is 6.33. The van der Waals surface area contributed by atoms with Gasteiger partial charge in [-0.15, -0.1) is 24.8 Å². The highest BCUT2D eigenvalue weighted by atomic mass is 35.5. The van der Waals surface area contributed by atoms with E-state index in [-0.39, 0.29) is 24.8 Å². The standard InChI is InChI=1S/C18H28N2O3.2ClH/c1-21-16-11-15(12-17(13-16)22-2)18(14-3-9-23-10-4-14)20-7-5-19-6-8-20;;/h11-14,18-19H,3-10H2,1-2H3;2*1H/t18-;;/m0../s1. The maximum atomic E-state index is 5.58. The second-order valence-electron chi connectivity index (χ2n) is 6.33. The predicted octanol–water partition coefficient (Wildman–Crippen LogP) is 2.92. The van der Waals surface area contributed by atoms with Crippen LogP contribution in [0.4, 0.5) is 0 Å². The van der Waals surface area contributed by atoms with Crippen LogP contribution in [0.1, 0.15) is 24.4 Å². The van der Waals surface area contributed by atoms with Crippen LogP contribution in [0.2, 0.25) is 0 Å². The molecule has 2 fully saturated rings. The summed E-state index contributed by atoms with van der Waals surface area (Å²) in [6.07, 6.45) is 2.24. The lowest BCUT2D eigenvalue weighted by Crippen LogP contribution is -2.47. The highest BCUT2D eigenvalue weighted by Crippen LogP contribution is 2.38. The van der Waals surface area contributed by atoms with E-state index in [4.69, 9.17) is 14.2 Å². The number of benzene rings is 1. The number of nitrogens with zero attached hydrogens (tertiary/aromatic N) is 1. The van der Waals surface area contributed by atoms with Crippen molar-refractivity contribution in [2.45, 2.75) is 18.9 Å². The minimum atomic E-state index is 0. The molecule has 3 rings (SSSR count). The fourth-order valence-corrected chi connectivity index (χ4v) is 3.77. The smallest absolute Gasteiger partial charge is 0.122 e. The van der Waals surface area contributed by atoms with Gasteiger partial charge in [0.15, 0.2) is 0 Å². The summed E-state index contributed by atoms with van der Waals surface area (Å²) in [6.45, 7) is 6.02. The van der Waals surface area contributed by atoms with E-state index < -0.39 is 0 Å². The Hall–Kier alpha value is -0.720. The summed E-state index contributed by atoms with van der Waals surface area (Å²) >= 11 is 0. The quantitative estimate of drug-likeness (QED) is 0.834. The Morgan fingerprint density at radius 1 is 1.00 bits per heavy atom. The number of rotatable bonds is 5. The topological polar surface area (TPSA) is 43.0 Å². The van der Waals surface area contributed by atoms with E-state index in [9.17, 15) is 0 Å². The number of halogens is 2. The van der Waals surface area contributed by atoms with Gasteiger partial charge in [0.05, 0.1) is 14.2 Å². The van der Waals surface area contributed by atoms with Crippen molar-refractivity contribution < 1.29 is 14.2 Å². The van der Waals surface area contributed by atoms with Crippen molar-refractivity contribution in [2.75, 3.05) is 53.6 Å². The van der Waals surface area contributed by atoms with Gasteiger partial charge in [0.25, 0.3) is 0 Å². The monoisotopic (exact) mass is 392 g/mol. The Morgan fingerprint density at radius 2 is 1.56 bits per heavy atom. The molecule has 0 radical (unpaired) electrons. The molecule has 1 atom stereocenters. The van der Waals surface area contributed by atoms with E-state index in [1.165, 1.54) is 5.56 Å². The van der Waals surface area contributed by atoms with Crippen LogP contribution in [0.5, 0.6) is 11.5 Å². The molecule has 144 valence electrons. The summed E-state index contributed by atoms with van der Waals surface area (Å²) in [4.78, 5) is 2.61. The molecule has 2 aliphatic heterocycles. The van der Waals surface area contributed by atoms with Crippen LogP contribution in [-0.2, 0) is 4.74 Å². The molecule has 7 heteroatoms. The summed E-state index contributed by atoms with van der Waals surface area (Å²) in [5.74, 6) is 2.36.